The SMILES string of the molecule is CN(C(=O)c1cc([N+](=O)[O-])ncc1Br)C1CCSC1. The number of carbonyl (C=O) groups excluding carboxylic acids is 1. The third-order valence-electron chi connectivity index (χ3n) is 3.03. The Balaban J connectivity index is 2.26. The van der Waals surface area contributed by atoms with E-state index in [0.717, 1.165) is 17.9 Å². The predicted molar refractivity (Wildman–Crippen MR) is 76.4 cm³/mol. The molecule has 6 nitrogen and oxygen atoms in total. The average molecular weight is 346 g/mol. The molecule has 0 aliphatic carbocycles. The second-order valence-electron chi connectivity index (χ2n) is 4.21. The Morgan fingerprint density at radius 2 is 2.42 bits per heavy atom. The molecule has 2 heterocycles. The number of halogens is 1. The van der Waals surface area contributed by atoms with E-state index in [1.54, 1.807) is 11.9 Å². The summed E-state index contributed by atoms with van der Waals surface area (Å²) in [5.74, 6) is 1.41. The van der Waals surface area contributed by atoms with Crippen LogP contribution >= 0.6 is 27.7 Å². The van der Waals surface area contributed by atoms with Gasteiger partial charge >= 0.3 is 5.82 Å². The molecule has 1 aliphatic heterocycles. The Labute approximate surface area is 122 Å². The first-order valence-corrected chi connectivity index (χ1v) is 7.60. The minimum Gasteiger partial charge on any atom is -0.358 e. The number of thioether (sulfide) groups is 1. The molecule has 1 saturated heterocycles. The van der Waals surface area contributed by atoms with Gasteiger partial charge in [-0.15, -0.1) is 0 Å². The van der Waals surface area contributed by atoms with Gasteiger partial charge < -0.3 is 15.0 Å². The molecule has 1 atom stereocenters. The molecule has 1 aliphatic rings. The zero-order valence-electron chi connectivity index (χ0n) is 10.2. The fourth-order valence-electron chi connectivity index (χ4n) is 1.87. The van der Waals surface area contributed by atoms with E-state index in [1.807, 2.05) is 11.8 Å². The van der Waals surface area contributed by atoms with Crippen LogP contribution in [0.1, 0.15) is 16.8 Å². The Morgan fingerprint density at radius 1 is 1.68 bits per heavy atom. The standard InChI is InChI=1S/C11H12BrN3O3S/c1-14(7-2-3-19-6-7)11(16)8-4-10(15(17)18)13-5-9(8)12/h4-5,7H,2-3,6H2,1H3. The van der Waals surface area contributed by atoms with Crippen LogP contribution in [0.4, 0.5) is 5.82 Å². The summed E-state index contributed by atoms with van der Waals surface area (Å²) in [7, 11) is 1.73. The van der Waals surface area contributed by atoms with Crippen LogP contribution in [0.3, 0.4) is 0 Å². The highest BCUT2D eigenvalue weighted by Gasteiger charge is 2.27. The van der Waals surface area contributed by atoms with Crippen molar-refractivity contribution in [3.63, 3.8) is 0 Å². The molecule has 1 aromatic heterocycles. The van der Waals surface area contributed by atoms with E-state index in [1.165, 1.54) is 12.3 Å². The summed E-state index contributed by atoms with van der Waals surface area (Å²) in [5.41, 5.74) is 0.279. The lowest BCUT2D eigenvalue weighted by Crippen LogP contribution is -2.37. The van der Waals surface area contributed by atoms with E-state index < -0.39 is 4.92 Å². The van der Waals surface area contributed by atoms with E-state index in [4.69, 9.17) is 0 Å². The first-order chi connectivity index (χ1) is 9.00. The van der Waals surface area contributed by atoms with Gasteiger partial charge in [-0.2, -0.15) is 11.8 Å². The first-order valence-electron chi connectivity index (χ1n) is 5.65. The molecule has 0 spiro atoms. The third kappa shape index (κ3) is 3.06. The number of nitro groups is 1. The van der Waals surface area contributed by atoms with Crippen molar-refractivity contribution in [1.29, 1.82) is 0 Å². The van der Waals surface area contributed by atoms with Gasteiger partial charge in [0.2, 0.25) is 0 Å². The Hall–Kier alpha value is -1.15. The summed E-state index contributed by atoms with van der Waals surface area (Å²) in [4.78, 5) is 27.8. The van der Waals surface area contributed by atoms with Gasteiger partial charge in [0.1, 0.15) is 0 Å². The predicted octanol–water partition coefficient (Wildman–Crippen LogP) is 2.33. The number of rotatable bonds is 3. The van der Waals surface area contributed by atoms with Crippen LogP contribution in [-0.2, 0) is 0 Å². The van der Waals surface area contributed by atoms with Crippen molar-refractivity contribution in [1.82, 2.24) is 9.88 Å². The van der Waals surface area contributed by atoms with Crippen molar-refractivity contribution >= 4 is 39.4 Å². The lowest BCUT2D eigenvalue weighted by Gasteiger charge is -2.23. The molecular weight excluding hydrogens is 334 g/mol. The summed E-state index contributed by atoms with van der Waals surface area (Å²) in [6.45, 7) is 0. The first kappa shape index (κ1) is 14.3. The van der Waals surface area contributed by atoms with Crippen LogP contribution in [0.25, 0.3) is 0 Å². The smallest absolute Gasteiger partial charge is 0.358 e. The molecule has 1 unspecified atom stereocenters. The molecule has 0 N–H and O–H groups in total. The van der Waals surface area contributed by atoms with Gasteiger partial charge in [0.25, 0.3) is 5.91 Å². The van der Waals surface area contributed by atoms with Crippen LogP contribution in [0.2, 0.25) is 0 Å². The van der Waals surface area contributed by atoms with Gasteiger partial charge in [-0.05, 0) is 38.0 Å². The van der Waals surface area contributed by atoms with Crippen molar-refractivity contribution in [3.05, 3.63) is 32.4 Å². The van der Waals surface area contributed by atoms with Crippen molar-refractivity contribution in [3.8, 4) is 0 Å². The highest BCUT2D eigenvalue weighted by molar-refractivity contribution is 9.10. The average Bonchev–Trinajstić information content (AvgIpc) is 2.91. The maximum absolute atomic E-state index is 12.4. The second kappa shape index (κ2) is 5.87. The van der Waals surface area contributed by atoms with Gasteiger partial charge in [0, 0.05) is 24.9 Å². The summed E-state index contributed by atoms with van der Waals surface area (Å²) < 4.78 is 0.473. The number of carbonyl (C=O) groups is 1. The number of hydrogen-bond acceptors (Lipinski definition) is 5. The molecule has 0 bridgehead atoms. The number of nitrogens with zero attached hydrogens (tertiary/aromatic N) is 3. The summed E-state index contributed by atoms with van der Waals surface area (Å²) in [6.07, 6.45) is 2.25. The van der Waals surface area contributed by atoms with Gasteiger partial charge in [0.05, 0.1) is 10.0 Å². The van der Waals surface area contributed by atoms with E-state index in [9.17, 15) is 14.9 Å². The third-order valence-corrected chi connectivity index (χ3v) is 4.81. The number of pyridine rings is 1. The van der Waals surface area contributed by atoms with Gasteiger partial charge in [-0.1, -0.05) is 0 Å². The molecule has 1 amide bonds. The van der Waals surface area contributed by atoms with Crippen molar-refractivity contribution in [2.45, 2.75) is 12.5 Å². The molecule has 8 heteroatoms. The minimum absolute atomic E-state index is 0.191. The topological polar surface area (TPSA) is 76.3 Å². The summed E-state index contributed by atoms with van der Waals surface area (Å²) in [5, 5.41) is 10.7. The molecular formula is C11H12BrN3O3S. The molecule has 19 heavy (non-hydrogen) atoms. The van der Waals surface area contributed by atoms with Crippen LogP contribution < -0.4 is 0 Å². The van der Waals surface area contributed by atoms with Crippen LogP contribution in [0.5, 0.6) is 0 Å². The summed E-state index contributed by atoms with van der Waals surface area (Å²) in [6, 6.07) is 1.40. The zero-order chi connectivity index (χ0) is 14.0. The monoisotopic (exact) mass is 345 g/mol. The maximum atomic E-state index is 12.4. The van der Waals surface area contributed by atoms with E-state index >= 15 is 0 Å². The van der Waals surface area contributed by atoms with Gasteiger partial charge in [0.15, 0.2) is 6.20 Å². The zero-order valence-corrected chi connectivity index (χ0v) is 12.6. The van der Waals surface area contributed by atoms with Crippen LogP contribution in [0, 0.1) is 10.1 Å². The highest BCUT2D eigenvalue weighted by atomic mass is 79.9. The van der Waals surface area contributed by atoms with Crippen molar-refractivity contribution in [2.24, 2.45) is 0 Å². The maximum Gasteiger partial charge on any atom is 0.364 e. The molecule has 0 radical (unpaired) electrons. The van der Waals surface area contributed by atoms with Gasteiger partial charge in [-0.25, -0.2) is 0 Å². The highest BCUT2D eigenvalue weighted by Crippen LogP contribution is 2.26. The Morgan fingerprint density at radius 3 is 3.00 bits per heavy atom. The second-order valence-corrected chi connectivity index (χ2v) is 6.22. The lowest BCUT2D eigenvalue weighted by atomic mass is 10.2. The molecule has 1 fully saturated rings. The molecule has 102 valence electrons. The number of aromatic nitrogens is 1. The van der Waals surface area contributed by atoms with Gasteiger partial charge in [-0.3, -0.25) is 4.79 Å². The quantitative estimate of drug-likeness (QED) is 0.620. The number of amides is 1. The minimum atomic E-state index is -0.603. The van der Waals surface area contributed by atoms with E-state index in [-0.39, 0.29) is 23.3 Å². The normalized spacial score (nSPS) is 18.3. The van der Waals surface area contributed by atoms with E-state index in [2.05, 4.69) is 20.9 Å². The molecule has 1 aromatic rings. The van der Waals surface area contributed by atoms with Crippen molar-refractivity contribution < 1.29 is 9.72 Å². The van der Waals surface area contributed by atoms with Crippen molar-refractivity contribution in [2.75, 3.05) is 18.6 Å². The fraction of sp³-hybridized carbons (Fsp3) is 0.455. The van der Waals surface area contributed by atoms with Crippen LogP contribution in [0.15, 0.2) is 16.7 Å². The molecule has 2 rings (SSSR count). The lowest BCUT2D eigenvalue weighted by molar-refractivity contribution is -0.389. The Bertz CT molecular complexity index is 520. The summed E-state index contributed by atoms with van der Waals surface area (Å²) >= 11 is 5.03. The van der Waals surface area contributed by atoms with E-state index in [0.29, 0.717) is 4.47 Å². The molecule has 0 saturated carbocycles. The number of hydrogen-bond donors (Lipinski definition) is 0. The Kier molecular flexibility index (Phi) is 4.41. The molecule has 0 aromatic carbocycles. The largest absolute Gasteiger partial charge is 0.364 e. The fourth-order valence-corrected chi connectivity index (χ4v) is 3.53. The van der Waals surface area contributed by atoms with Crippen LogP contribution in [-0.4, -0.2) is 45.3 Å².